The summed E-state index contributed by atoms with van der Waals surface area (Å²) in [6.07, 6.45) is 2.98. The van der Waals surface area contributed by atoms with Crippen molar-refractivity contribution < 1.29 is 9.72 Å². The molecule has 1 fully saturated rings. The Hall–Kier alpha value is -2.64. The predicted molar refractivity (Wildman–Crippen MR) is 80.9 cm³/mol. The van der Waals surface area contributed by atoms with Crippen molar-refractivity contribution in [3.05, 3.63) is 34.5 Å². The van der Waals surface area contributed by atoms with Gasteiger partial charge < -0.3 is 20.3 Å². The molecule has 0 spiro atoms. The van der Waals surface area contributed by atoms with E-state index < -0.39 is 4.92 Å². The Morgan fingerprint density at radius 2 is 2.14 bits per heavy atom. The summed E-state index contributed by atoms with van der Waals surface area (Å²) < 4.78 is 1.49. The van der Waals surface area contributed by atoms with Crippen LogP contribution >= 0.6 is 0 Å². The highest BCUT2D eigenvalue weighted by Gasteiger charge is 2.31. The minimum absolute atomic E-state index is 0.0195. The molecule has 0 atom stereocenters. The molecule has 3 rings (SSSR count). The zero-order valence-corrected chi connectivity index (χ0v) is 12.2. The van der Waals surface area contributed by atoms with Gasteiger partial charge in [0.05, 0.1) is 6.20 Å². The Bertz CT molecular complexity index is 718. The van der Waals surface area contributed by atoms with Crippen LogP contribution < -0.4 is 10.2 Å². The number of rotatable bonds is 3. The molecule has 1 aliphatic rings. The number of carbonyl (C=O) groups is 1. The first-order valence-electron chi connectivity index (χ1n) is 7.20. The quantitative estimate of drug-likeness (QED) is 0.679. The number of amides is 1. The number of carbonyl (C=O) groups excluding carboxylic acids is 1. The molecule has 2 aromatic rings. The van der Waals surface area contributed by atoms with Crippen molar-refractivity contribution in [2.75, 3.05) is 25.0 Å². The van der Waals surface area contributed by atoms with Crippen LogP contribution in [0.15, 0.2) is 24.4 Å². The zero-order valence-electron chi connectivity index (χ0n) is 12.2. The fraction of sp³-hybridized carbons (Fsp3) is 0.429. The fourth-order valence-electron chi connectivity index (χ4n) is 2.91. The van der Waals surface area contributed by atoms with Crippen LogP contribution in [0.4, 0.5) is 11.6 Å². The summed E-state index contributed by atoms with van der Waals surface area (Å²) in [5.74, 6) is 0.363. The van der Waals surface area contributed by atoms with Crippen molar-refractivity contribution in [3.63, 3.8) is 0 Å². The predicted octanol–water partition coefficient (Wildman–Crippen LogP) is 1.20. The number of imidazole rings is 1. The molecular formula is C14H17N5O3. The van der Waals surface area contributed by atoms with Crippen LogP contribution in [0.3, 0.4) is 0 Å². The Morgan fingerprint density at radius 3 is 2.77 bits per heavy atom. The highest BCUT2D eigenvalue weighted by Crippen LogP contribution is 2.31. The molecule has 1 N–H and O–H groups in total. The highest BCUT2D eigenvalue weighted by atomic mass is 16.6. The molecule has 0 bridgehead atoms. The molecule has 1 aliphatic heterocycles. The molecule has 22 heavy (non-hydrogen) atoms. The lowest BCUT2D eigenvalue weighted by atomic mass is 9.96. The van der Waals surface area contributed by atoms with E-state index in [1.54, 1.807) is 31.4 Å². The van der Waals surface area contributed by atoms with Crippen molar-refractivity contribution in [1.82, 2.24) is 14.7 Å². The fourth-order valence-corrected chi connectivity index (χ4v) is 2.91. The number of nitrogens with one attached hydrogen (secondary N) is 1. The Balaban J connectivity index is 1.90. The molecule has 2 aromatic heterocycles. The number of hydrogen-bond donors (Lipinski definition) is 1. The zero-order chi connectivity index (χ0) is 15.7. The van der Waals surface area contributed by atoms with E-state index in [0.717, 1.165) is 0 Å². The largest absolute Gasteiger partial charge is 0.372 e. The van der Waals surface area contributed by atoms with Crippen LogP contribution in [-0.2, 0) is 4.79 Å². The molecule has 0 aliphatic carbocycles. The van der Waals surface area contributed by atoms with Crippen LogP contribution in [-0.4, -0.2) is 40.4 Å². The molecular weight excluding hydrogens is 286 g/mol. The van der Waals surface area contributed by atoms with Gasteiger partial charge in [0.15, 0.2) is 0 Å². The van der Waals surface area contributed by atoms with Gasteiger partial charge in [0.2, 0.25) is 17.4 Å². The average molecular weight is 303 g/mol. The standard InChI is InChI=1S/C14H17N5O3/c1-15-13(20)10-5-8-17(9-6-10)12-14(19(21)22)18-7-3-2-4-11(18)16-12/h2-4,7,10H,5-6,8-9H2,1H3,(H,15,20). The normalized spacial score (nSPS) is 16.0. The SMILES string of the molecule is CNC(=O)C1CCN(c2nc3ccccn3c2[N+](=O)[O-])CC1. The molecule has 1 amide bonds. The molecule has 1 saturated heterocycles. The van der Waals surface area contributed by atoms with Gasteiger partial charge in [-0.15, -0.1) is 0 Å². The summed E-state index contributed by atoms with van der Waals surface area (Å²) in [7, 11) is 1.63. The topological polar surface area (TPSA) is 92.8 Å². The van der Waals surface area contributed by atoms with E-state index in [-0.39, 0.29) is 17.6 Å². The lowest BCUT2D eigenvalue weighted by Gasteiger charge is -2.30. The van der Waals surface area contributed by atoms with Gasteiger partial charge in [-0.25, -0.2) is 0 Å². The number of nitro groups is 1. The van der Waals surface area contributed by atoms with Gasteiger partial charge in [-0.05, 0) is 23.8 Å². The average Bonchev–Trinajstić information content (AvgIpc) is 2.94. The molecule has 0 unspecified atom stereocenters. The minimum Gasteiger partial charge on any atom is -0.359 e. The molecule has 0 saturated carbocycles. The van der Waals surface area contributed by atoms with Gasteiger partial charge in [0.1, 0.15) is 0 Å². The Kier molecular flexibility index (Phi) is 3.66. The summed E-state index contributed by atoms with van der Waals surface area (Å²) >= 11 is 0. The third-order valence-corrected chi connectivity index (χ3v) is 4.07. The van der Waals surface area contributed by atoms with Gasteiger partial charge in [-0.1, -0.05) is 6.07 Å². The van der Waals surface area contributed by atoms with Crippen LogP contribution in [0.5, 0.6) is 0 Å². The number of nitrogens with zero attached hydrogens (tertiary/aromatic N) is 4. The van der Waals surface area contributed by atoms with E-state index in [1.807, 2.05) is 4.90 Å². The van der Waals surface area contributed by atoms with Gasteiger partial charge in [0.25, 0.3) is 0 Å². The van der Waals surface area contributed by atoms with Crippen molar-refractivity contribution in [1.29, 1.82) is 0 Å². The van der Waals surface area contributed by atoms with Crippen LogP contribution in [0.25, 0.3) is 5.65 Å². The third kappa shape index (κ3) is 2.36. The van der Waals surface area contributed by atoms with E-state index in [9.17, 15) is 14.9 Å². The number of fused-ring (bicyclic) bond motifs is 1. The third-order valence-electron chi connectivity index (χ3n) is 4.07. The van der Waals surface area contributed by atoms with Gasteiger partial charge in [-0.3, -0.25) is 4.79 Å². The van der Waals surface area contributed by atoms with Gasteiger partial charge in [-0.2, -0.15) is 9.38 Å². The summed E-state index contributed by atoms with van der Waals surface area (Å²) in [5, 5.41) is 14.1. The molecule has 0 radical (unpaired) electrons. The van der Waals surface area contributed by atoms with Gasteiger partial charge in [0, 0.05) is 32.1 Å². The minimum atomic E-state index is -0.403. The Morgan fingerprint density at radius 1 is 1.41 bits per heavy atom. The second-order valence-corrected chi connectivity index (χ2v) is 5.32. The van der Waals surface area contributed by atoms with Crippen molar-refractivity contribution >= 4 is 23.2 Å². The van der Waals surface area contributed by atoms with Crippen molar-refractivity contribution in [2.45, 2.75) is 12.8 Å². The summed E-state index contributed by atoms with van der Waals surface area (Å²) in [4.78, 5) is 29.0. The summed E-state index contributed by atoms with van der Waals surface area (Å²) in [6, 6.07) is 5.28. The number of aromatic nitrogens is 2. The monoisotopic (exact) mass is 303 g/mol. The highest BCUT2D eigenvalue weighted by molar-refractivity contribution is 5.78. The number of pyridine rings is 1. The number of anilines is 1. The molecule has 116 valence electrons. The molecule has 0 aromatic carbocycles. The second kappa shape index (κ2) is 5.63. The smallest absolute Gasteiger partial charge is 0.359 e. The van der Waals surface area contributed by atoms with E-state index in [2.05, 4.69) is 10.3 Å². The lowest BCUT2D eigenvalue weighted by molar-refractivity contribution is -0.389. The lowest BCUT2D eigenvalue weighted by Crippen LogP contribution is -2.39. The first-order chi connectivity index (χ1) is 10.6. The van der Waals surface area contributed by atoms with Crippen molar-refractivity contribution in [2.24, 2.45) is 5.92 Å². The summed E-state index contributed by atoms with van der Waals surface area (Å²) in [5.41, 5.74) is 0.553. The van der Waals surface area contributed by atoms with Gasteiger partial charge >= 0.3 is 5.82 Å². The van der Waals surface area contributed by atoms with E-state index in [0.29, 0.717) is 37.4 Å². The maximum absolute atomic E-state index is 11.7. The molecule has 8 nitrogen and oxygen atoms in total. The van der Waals surface area contributed by atoms with E-state index in [4.69, 9.17) is 0 Å². The van der Waals surface area contributed by atoms with Crippen LogP contribution in [0, 0.1) is 16.0 Å². The molecule has 3 heterocycles. The number of piperidine rings is 1. The van der Waals surface area contributed by atoms with Crippen LogP contribution in [0.2, 0.25) is 0 Å². The molecule has 8 heteroatoms. The first-order valence-corrected chi connectivity index (χ1v) is 7.20. The number of hydrogen-bond acceptors (Lipinski definition) is 5. The second-order valence-electron chi connectivity index (χ2n) is 5.32. The maximum atomic E-state index is 11.7. The summed E-state index contributed by atoms with van der Waals surface area (Å²) in [6.45, 7) is 1.17. The van der Waals surface area contributed by atoms with E-state index >= 15 is 0 Å². The van der Waals surface area contributed by atoms with Crippen LogP contribution in [0.1, 0.15) is 12.8 Å². The Labute approximate surface area is 126 Å². The maximum Gasteiger partial charge on any atom is 0.372 e. The first kappa shape index (κ1) is 14.3. The van der Waals surface area contributed by atoms with E-state index in [1.165, 1.54) is 4.40 Å². The van der Waals surface area contributed by atoms with Crippen molar-refractivity contribution in [3.8, 4) is 0 Å².